The second-order valence-corrected chi connectivity index (χ2v) is 5.28. The topological polar surface area (TPSA) is 29.9 Å². The Labute approximate surface area is 108 Å². The van der Waals surface area contributed by atoms with Crippen molar-refractivity contribution in [1.29, 1.82) is 0 Å². The first-order valence-corrected chi connectivity index (χ1v) is 6.98. The van der Waals surface area contributed by atoms with Gasteiger partial charge in [-0.3, -0.25) is 0 Å². The summed E-state index contributed by atoms with van der Waals surface area (Å²) in [6, 6.07) is 9.08. The fourth-order valence-electron chi connectivity index (χ4n) is 3.10. The molecule has 1 aliphatic rings. The van der Waals surface area contributed by atoms with Gasteiger partial charge in [0.05, 0.1) is 11.0 Å². The normalized spacial score (nSPS) is 24.6. The molecule has 96 valence electrons. The number of aryl methyl sites for hydroxylation is 1. The Morgan fingerprint density at radius 2 is 2.22 bits per heavy atom. The fraction of sp³-hybridized carbons (Fsp3) is 0.533. The Bertz CT molecular complexity index is 544. The molecule has 1 aromatic carbocycles. The number of nitrogens with one attached hydrogen (secondary N) is 1. The van der Waals surface area contributed by atoms with Crippen LogP contribution in [0.5, 0.6) is 0 Å². The zero-order chi connectivity index (χ0) is 12.5. The third-order valence-electron chi connectivity index (χ3n) is 3.99. The van der Waals surface area contributed by atoms with Gasteiger partial charge in [-0.2, -0.15) is 0 Å². The van der Waals surface area contributed by atoms with Crippen molar-refractivity contribution in [2.45, 2.75) is 45.2 Å². The maximum atomic E-state index is 4.88. The molecule has 0 amide bonds. The molecule has 18 heavy (non-hydrogen) atoms. The van der Waals surface area contributed by atoms with E-state index in [1.165, 1.54) is 24.2 Å². The van der Waals surface area contributed by atoms with Gasteiger partial charge in [-0.25, -0.2) is 4.98 Å². The molecule has 0 saturated carbocycles. The van der Waals surface area contributed by atoms with Crippen molar-refractivity contribution in [3.63, 3.8) is 0 Å². The summed E-state index contributed by atoms with van der Waals surface area (Å²) in [6.45, 7) is 6.60. The van der Waals surface area contributed by atoms with Gasteiger partial charge in [-0.1, -0.05) is 12.1 Å². The minimum atomic E-state index is 0.605. The molecule has 3 rings (SSSR count). The molecular weight excluding hydrogens is 222 g/mol. The van der Waals surface area contributed by atoms with E-state index in [-0.39, 0.29) is 0 Å². The average molecular weight is 243 g/mol. The Balaban J connectivity index is 2.05. The number of nitrogens with zero attached hydrogens (tertiary/aromatic N) is 2. The van der Waals surface area contributed by atoms with E-state index in [0.29, 0.717) is 12.0 Å². The number of piperidine rings is 1. The number of para-hydroxylation sites is 2. The maximum absolute atomic E-state index is 4.88. The molecule has 3 heteroatoms. The van der Waals surface area contributed by atoms with Crippen LogP contribution in [0.4, 0.5) is 0 Å². The molecule has 0 spiro atoms. The number of fused-ring (bicyclic) bond motifs is 1. The van der Waals surface area contributed by atoms with Crippen LogP contribution in [-0.4, -0.2) is 22.1 Å². The van der Waals surface area contributed by atoms with Gasteiger partial charge in [-0.05, 0) is 45.4 Å². The van der Waals surface area contributed by atoms with Gasteiger partial charge in [0.15, 0.2) is 0 Å². The number of imidazole rings is 1. The predicted molar refractivity (Wildman–Crippen MR) is 74.8 cm³/mol. The fourth-order valence-corrected chi connectivity index (χ4v) is 3.10. The summed E-state index contributed by atoms with van der Waals surface area (Å²) in [7, 11) is 0. The van der Waals surface area contributed by atoms with Gasteiger partial charge < -0.3 is 9.88 Å². The van der Waals surface area contributed by atoms with Crippen molar-refractivity contribution in [2.24, 2.45) is 0 Å². The summed E-state index contributed by atoms with van der Waals surface area (Å²) < 4.78 is 2.39. The van der Waals surface area contributed by atoms with Crippen LogP contribution < -0.4 is 5.32 Å². The number of aromatic nitrogens is 2. The van der Waals surface area contributed by atoms with E-state index in [2.05, 4.69) is 48.0 Å². The lowest BCUT2D eigenvalue weighted by Crippen LogP contribution is -2.35. The van der Waals surface area contributed by atoms with Crippen LogP contribution in [0.3, 0.4) is 0 Å². The van der Waals surface area contributed by atoms with E-state index >= 15 is 0 Å². The van der Waals surface area contributed by atoms with E-state index in [1.54, 1.807) is 0 Å². The van der Waals surface area contributed by atoms with Crippen molar-refractivity contribution < 1.29 is 0 Å². The highest BCUT2D eigenvalue weighted by Crippen LogP contribution is 2.29. The van der Waals surface area contributed by atoms with Gasteiger partial charge in [0.2, 0.25) is 0 Å². The molecule has 1 saturated heterocycles. The van der Waals surface area contributed by atoms with E-state index in [0.717, 1.165) is 18.6 Å². The zero-order valence-corrected chi connectivity index (χ0v) is 11.2. The summed E-state index contributed by atoms with van der Waals surface area (Å²) in [5.41, 5.74) is 2.42. The van der Waals surface area contributed by atoms with Crippen molar-refractivity contribution >= 4 is 11.0 Å². The van der Waals surface area contributed by atoms with Crippen molar-refractivity contribution in [2.75, 3.05) is 6.54 Å². The summed E-state index contributed by atoms with van der Waals surface area (Å²) in [5, 5.41) is 3.52. The molecule has 3 nitrogen and oxygen atoms in total. The molecule has 2 heterocycles. The van der Waals surface area contributed by atoms with Gasteiger partial charge in [-0.15, -0.1) is 0 Å². The largest absolute Gasteiger partial charge is 0.328 e. The summed E-state index contributed by atoms with van der Waals surface area (Å²) in [6.07, 6.45) is 2.40. The first-order chi connectivity index (χ1) is 8.79. The molecule has 0 radical (unpaired) electrons. The molecule has 2 unspecified atom stereocenters. The van der Waals surface area contributed by atoms with Gasteiger partial charge >= 0.3 is 0 Å². The Morgan fingerprint density at radius 3 is 3.00 bits per heavy atom. The van der Waals surface area contributed by atoms with Crippen molar-refractivity contribution in [3.05, 3.63) is 30.1 Å². The lowest BCUT2D eigenvalue weighted by molar-refractivity contribution is 0.365. The van der Waals surface area contributed by atoms with Crippen molar-refractivity contribution in [3.8, 4) is 0 Å². The third-order valence-corrected chi connectivity index (χ3v) is 3.99. The van der Waals surface area contributed by atoms with Crippen LogP contribution in [0.25, 0.3) is 11.0 Å². The van der Waals surface area contributed by atoms with E-state index in [1.807, 2.05) is 0 Å². The van der Waals surface area contributed by atoms with Crippen LogP contribution in [0, 0.1) is 0 Å². The van der Waals surface area contributed by atoms with Gasteiger partial charge in [0.1, 0.15) is 5.82 Å². The Hall–Kier alpha value is -1.35. The molecule has 0 aliphatic carbocycles. The average Bonchev–Trinajstić information content (AvgIpc) is 2.77. The summed E-state index contributed by atoms with van der Waals surface area (Å²) >= 11 is 0. The van der Waals surface area contributed by atoms with Gasteiger partial charge in [0, 0.05) is 18.5 Å². The minimum Gasteiger partial charge on any atom is -0.328 e. The molecule has 1 aromatic heterocycles. The van der Waals surface area contributed by atoms with E-state index in [9.17, 15) is 0 Å². The molecule has 1 aliphatic heterocycles. The van der Waals surface area contributed by atoms with E-state index < -0.39 is 0 Å². The number of hydrogen-bond donors (Lipinski definition) is 1. The summed E-state index contributed by atoms with van der Waals surface area (Å²) in [4.78, 5) is 4.88. The van der Waals surface area contributed by atoms with Crippen LogP contribution in [-0.2, 0) is 6.54 Å². The van der Waals surface area contributed by atoms with Gasteiger partial charge in [0.25, 0.3) is 0 Å². The highest BCUT2D eigenvalue weighted by molar-refractivity contribution is 5.76. The first-order valence-electron chi connectivity index (χ1n) is 6.98. The lowest BCUT2D eigenvalue weighted by Gasteiger charge is -2.27. The van der Waals surface area contributed by atoms with Crippen LogP contribution in [0.15, 0.2) is 24.3 Å². The van der Waals surface area contributed by atoms with Crippen LogP contribution >= 0.6 is 0 Å². The van der Waals surface area contributed by atoms with Crippen LogP contribution in [0.1, 0.15) is 38.4 Å². The van der Waals surface area contributed by atoms with Crippen LogP contribution in [0.2, 0.25) is 0 Å². The molecule has 2 atom stereocenters. The predicted octanol–water partition coefficient (Wildman–Crippen LogP) is 2.91. The Kier molecular flexibility index (Phi) is 3.08. The highest BCUT2D eigenvalue weighted by Gasteiger charge is 2.24. The second kappa shape index (κ2) is 4.73. The third kappa shape index (κ3) is 1.93. The number of rotatable bonds is 2. The molecule has 1 fully saturated rings. The number of hydrogen-bond acceptors (Lipinski definition) is 2. The summed E-state index contributed by atoms with van der Waals surface area (Å²) in [5.74, 6) is 1.89. The SMILES string of the molecule is CCn1c(C2CCNC(C)C2)nc2ccccc21. The van der Waals surface area contributed by atoms with E-state index in [4.69, 9.17) is 4.98 Å². The molecule has 0 bridgehead atoms. The zero-order valence-electron chi connectivity index (χ0n) is 11.2. The quantitative estimate of drug-likeness (QED) is 0.879. The lowest BCUT2D eigenvalue weighted by atomic mass is 9.92. The maximum Gasteiger partial charge on any atom is 0.113 e. The minimum absolute atomic E-state index is 0.605. The molecule has 2 aromatic rings. The molecular formula is C15H21N3. The van der Waals surface area contributed by atoms with Crippen molar-refractivity contribution in [1.82, 2.24) is 14.9 Å². The highest BCUT2D eigenvalue weighted by atomic mass is 15.1. The Morgan fingerprint density at radius 1 is 1.39 bits per heavy atom. The monoisotopic (exact) mass is 243 g/mol. The second-order valence-electron chi connectivity index (χ2n) is 5.28. The number of benzene rings is 1. The smallest absolute Gasteiger partial charge is 0.113 e. The molecule has 1 N–H and O–H groups in total. The standard InChI is InChI=1S/C15H21N3/c1-3-18-14-7-5-4-6-13(14)17-15(18)12-8-9-16-11(2)10-12/h4-7,11-12,16H,3,8-10H2,1-2H3. The first kappa shape index (κ1) is 11.7.